The molecule has 0 bridgehead atoms. The number of carboxylic acid groups (broad SMARTS) is 1. The summed E-state index contributed by atoms with van der Waals surface area (Å²) in [6, 6.07) is 6.38. The molecule has 6 nitrogen and oxygen atoms in total. The Balaban J connectivity index is 2.64. The largest absolute Gasteiger partial charge is 0.506 e. The van der Waals surface area contributed by atoms with Gasteiger partial charge in [0.25, 0.3) is 0 Å². The Bertz CT molecular complexity index is 563. The molecule has 2 N–H and O–H groups in total. The summed E-state index contributed by atoms with van der Waals surface area (Å²) in [5, 5.41) is 26.4. The van der Waals surface area contributed by atoms with Gasteiger partial charge in [0, 0.05) is 0 Å². The molecular weight excluding hydrogens is 222 g/mol. The van der Waals surface area contributed by atoms with Crippen molar-refractivity contribution in [2.75, 3.05) is 0 Å². The first kappa shape index (κ1) is 11.1. The van der Waals surface area contributed by atoms with Crippen molar-refractivity contribution in [2.24, 2.45) is 0 Å². The number of nitrogens with zero attached hydrogens (tertiary/aromatic N) is 3. The number of para-hydroxylation sites is 2. The highest BCUT2D eigenvalue weighted by Crippen LogP contribution is 2.22. The molecule has 88 valence electrons. The van der Waals surface area contributed by atoms with E-state index in [-0.39, 0.29) is 11.4 Å². The first-order valence-electron chi connectivity index (χ1n) is 5.11. The van der Waals surface area contributed by atoms with Crippen LogP contribution in [0.3, 0.4) is 0 Å². The van der Waals surface area contributed by atoms with Gasteiger partial charge in [-0.1, -0.05) is 24.3 Å². The van der Waals surface area contributed by atoms with E-state index in [9.17, 15) is 9.90 Å². The number of aromatic carboxylic acids is 1. The lowest BCUT2D eigenvalue weighted by molar-refractivity contribution is 0.0685. The topological polar surface area (TPSA) is 88.2 Å². The Morgan fingerprint density at radius 2 is 2.12 bits per heavy atom. The summed E-state index contributed by atoms with van der Waals surface area (Å²) >= 11 is 0. The van der Waals surface area contributed by atoms with Crippen LogP contribution in [-0.4, -0.2) is 31.2 Å². The smallest absolute Gasteiger partial charge is 0.356 e. The average molecular weight is 233 g/mol. The number of hydrogen-bond acceptors (Lipinski definition) is 4. The van der Waals surface area contributed by atoms with E-state index in [1.807, 2.05) is 0 Å². The van der Waals surface area contributed by atoms with Crippen molar-refractivity contribution in [2.45, 2.75) is 13.3 Å². The van der Waals surface area contributed by atoms with E-state index in [1.165, 1.54) is 6.07 Å². The molecule has 1 aromatic heterocycles. The van der Waals surface area contributed by atoms with Gasteiger partial charge >= 0.3 is 5.97 Å². The molecule has 0 fully saturated rings. The Kier molecular flexibility index (Phi) is 2.78. The number of phenolic OH excluding ortho intramolecular Hbond substituents is 1. The van der Waals surface area contributed by atoms with Gasteiger partial charge < -0.3 is 10.2 Å². The molecule has 0 saturated heterocycles. The van der Waals surface area contributed by atoms with Crippen LogP contribution in [0.4, 0.5) is 0 Å². The Hall–Kier alpha value is -2.37. The van der Waals surface area contributed by atoms with E-state index in [1.54, 1.807) is 25.1 Å². The SMILES string of the molecule is CCc1nnn(-c2ccccc2O)c1C(=O)O. The fraction of sp³-hybridized carbons (Fsp3) is 0.182. The zero-order chi connectivity index (χ0) is 12.4. The zero-order valence-electron chi connectivity index (χ0n) is 9.16. The highest BCUT2D eigenvalue weighted by molar-refractivity contribution is 5.87. The fourth-order valence-electron chi connectivity index (χ4n) is 1.58. The van der Waals surface area contributed by atoms with Gasteiger partial charge in [-0.15, -0.1) is 5.10 Å². The Morgan fingerprint density at radius 3 is 2.71 bits per heavy atom. The quantitative estimate of drug-likeness (QED) is 0.832. The van der Waals surface area contributed by atoms with Crippen molar-refractivity contribution < 1.29 is 15.0 Å². The number of aromatic nitrogens is 3. The monoisotopic (exact) mass is 233 g/mol. The van der Waals surface area contributed by atoms with Gasteiger partial charge in [-0.3, -0.25) is 0 Å². The van der Waals surface area contributed by atoms with Crippen molar-refractivity contribution >= 4 is 5.97 Å². The van der Waals surface area contributed by atoms with E-state index in [2.05, 4.69) is 10.3 Å². The van der Waals surface area contributed by atoms with E-state index >= 15 is 0 Å². The molecule has 2 aromatic rings. The second kappa shape index (κ2) is 4.25. The van der Waals surface area contributed by atoms with Crippen LogP contribution in [0.2, 0.25) is 0 Å². The molecule has 6 heteroatoms. The number of carbonyl (C=O) groups is 1. The molecule has 0 aliphatic heterocycles. The molecule has 0 amide bonds. The second-order valence-electron chi connectivity index (χ2n) is 3.44. The first-order chi connectivity index (χ1) is 8.15. The van der Waals surface area contributed by atoms with E-state index in [0.717, 1.165) is 4.68 Å². The molecule has 0 spiro atoms. The Labute approximate surface area is 97.1 Å². The maximum atomic E-state index is 11.2. The molecule has 0 unspecified atom stereocenters. The fourth-order valence-corrected chi connectivity index (χ4v) is 1.58. The van der Waals surface area contributed by atoms with Crippen molar-refractivity contribution in [1.82, 2.24) is 15.0 Å². The molecule has 0 radical (unpaired) electrons. The van der Waals surface area contributed by atoms with Crippen LogP contribution < -0.4 is 0 Å². The summed E-state index contributed by atoms with van der Waals surface area (Å²) in [4.78, 5) is 11.2. The summed E-state index contributed by atoms with van der Waals surface area (Å²) in [6.45, 7) is 1.80. The van der Waals surface area contributed by atoms with E-state index in [0.29, 0.717) is 17.8 Å². The summed E-state index contributed by atoms with van der Waals surface area (Å²) in [5.74, 6) is -1.15. The third-order valence-corrected chi connectivity index (χ3v) is 2.39. The van der Waals surface area contributed by atoms with Gasteiger partial charge in [-0.25, -0.2) is 9.48 Å². The number of hydrogen-bond donors (Lipinski definition) is 2. The van der Waals surface area contributed by atoms with Crippen molar-refractivity contribution in [1.29, 1.82) is 0 Å². The summed E-state index contributed by atoms with van der Waals surface area (Å²) < 4.78 is 1.14. The summed E-state index contributed by atoms with van der Waals surface area (Å²) in [5.41, 5.74) is 0.673. The van der Waals surface area contributed by atoms with Crippen LogP contribution in [0.15, 0.2) is 24.3 Å². The molecule has 17 heavy (non-hydrogen) atoms. The molecular formula is C11H11N3O3. The lowest BCUT2D eigenvalue weighted by atomic mass is 10.2. The number of rotatable bonds is 3. The van der Waals surface area contributed by atoms with Crippen LogP contribution in [0.1, 0.15) is 23.1 Å². The van der Waals surface area contributed by atoms with Gasteiger partial charge in [0.15, 0.2) is 5.69 Å². The summed E-state index contributed by atoms with van der Waals surface area (Å²) in [7, 11) is 0. The maximum Gasteiger partial charge on any atom is 0.356 e. The standard InChI is InChI=1S/C11H11N3O3/c1-2-7-10(11(16)17)14(13-12-7)8-5-3-4-6-9(8)15/h3-6,15H,2H2,1H3,(H,16,17). The number of aromatic hydroxyl groups is 1. The van der Waals surface area contributed by atoms with Gasteiger partial charge in [0.2, 0.25) is 0 Å². The average Bonchev–Trinajstić information content (AvgIpc) is 2.73. The number of benzene rings is 1. The van der Waals surface area contributed by atoms with Crippen LogP contribution in [0.5, 0.6) is 5.75 Å². The molecule has 0 aliphatic rings. The van der Waals surface area contributed by atoms with Crippen LogP contribution in [-0.2, 0) is 6.42 Å². The first-order valence-corrected chi connectivity index (χ1v) is 5.11. The predicted molar refractivity (Wildman–Crippen MR) is 59.4 cm³/mol. The van der Waals surface area contributed by atoms with Gasteiger partial charge in [0.1, 0.15) is 11.4 Å². The highest BCUT2D eigenvalue weighted by atomic mass is 16.4. The minimum atomic E-state index is -1.12. The van der Waals surface area contributed by atoms with Crippen LogP contribution in [0, 0.1) is 0 Å². The molecule has 0 aliphatic carbocycles. The van der Waals surface area contributed by atoms with E-state index in [4.69, 9.17) is 5.11 Å². The molecule has 0 atom stereocenters. The normalized spacial score (nSPS) is 10.4. The van der Waals surface area contributed by atoms with Gasteiger partial charge in [-0.05, 0) is 18.6 Å². The van der Waals surface area contributed by atoms with Gasteiger partial charge in [-0.2, -0.15) is 0 Å². The number of carboxylic acids is 1. The van der Waals surface area contributed by atoms with Crippen LogP contribution >= 0.6 is 0 Å². The highest BCUT2D eigenvalue weighted by Gasteiger charge is 2.20. The molecule has 2 rings (SSSR count). The maximum absolute atomic E-state index is 11.2. The molecule has 1 heterocycles. The summed E-state index contributed by atoms with van der Waals surface area (Å²) in [6.07, 6.45) is 0.467. The van der Waals surface area contributed by atoms with Crippen LogP contribution in [0.25, 0.3) is 5.69 Å². The Morgan fingerprint density at radius 1 is 1.41 bits per heavy atom. The minimum absolute atomic E-state index is 0.0194. The van der Waals surface area contributed by atoms with Crippen molar-refractivity contribution in [3.8, 4) is 11.4 Å². The van der Waals surface area contributed by atoms with Gasteiger partial charge in [0.05, 0.1) is 5.69 Å². The minimum Gasteiger partial charge on any atom is -0.506 e. The zero-order valence-corrected chi connectivity index (χ0v) is 9.16. The lowest BCUT2D eigenvalue weighted by Crippen LogP contribution is -2.10. The molecule has 0 saturated carbocycles. The molecule has 1 aromatic carbocycles. The second-order valence-corrected chi connectivity index (χ2v) is 3.44. The van der Waals surface area contributed by atoms with E-state index < -0.39 is 5.97 Å². The number of phenols is 1. The lowest BCUT2D eigenvalue weighted by Gasteiger charge is -2.05. The van der Waals surface area contributed by atoms with Crippen molar-refractivity contribution in [3.63, 3.8) is 0 Å². The number of aryl methyl sites for hydroxylation is 1. The van der Waals surface area contributed by atoms with Crippen molar-refractivity contribution in [3.05, 3.63) is 35.7 Å². The third kappa shape index (κ3) is 1.84. The predicted octanol–water partition coefficient (Wildman–Crippen LogP) is 1.23. The third-order valence-electron chi connectivity index (χ3n) is 2.39.